The summed E-state index contributed by atoms with van der Waals surface area (Å²) in [7, 11) is -3.77. The summed E-state index contributed by atoms with van der Waals surface area (Å²) in [6.45, 7) is 0. The molecular formula is C20H17N3O5S. The van der Waals surface area contributed by atoms with Crippen molar-refractivity contribution in [2.45, 2.75) is 17.7 Å². The molecule has 2 aromatic heterocycles. The van der Waals surface area contributed by atoms with Gasteiger partial charge >= 0.3 is 5.97 Å². The molecule has 0 fully saturated rings. The third-order valence-electron chi connectivity index (χ3n) is 4.64. The summed E-state index contributed by atoms with van der Waals surface area (Å²) in [5, 5.41) is 10.2. The predicted octanol–water partition coefficient (Wildman–Crippen LogP) is 2.83. The SMILES string of the molecule is O=C(O)CCc1c[nH]c2c(=O)[nH]c3ccc(NS(=O)(=O)c4ccccc4)cc3c12. The largest absolute Gasteiger partial charge is 0.481 e. The summed E-state index contributed by atoms with van der Waals surface area (Å²) in [5.74, 6) is -0.940. The molecule has 0 aliphatic heterocycles. The molecule has 0 saturated carbocycles. The van der Waals surface area contributed by atoms with Gasteiger partial charge in [0.05, 0.1) is 4.90 Å². The lowest BCUT2D eigenvalue weighted by Crippen LogP contribution is -2.13. The maximum atomic E-state index is 12.6. The lowest BCUT2D eigenvalue weighted by atomic mass is 10.0. The smallest absolute Gasteiger partial charge is 0.303 e. The van der Waals surface area contributed by atoms with Crippen molar-refractivity contribution in [2.75, 3.05) is 4.72 Å². The number of hydrogen-bond donors (Lipinski definition) is 4. The highest BCUT2D eigenvalue weighted by Gasteiger charge is 2.16. The topological polar surface area (TPSA) is 132 Å². The van der Waals surface area contributed by atoms with Crippen molar-refractivity contribution in [3.8, 4) is 0 Å². The van der Waals surface area contributed by atoms with E-state index in [0.29, 0.717) is 33.1 Å². The Morgan fingerprint density at radius 3 is 2.59 bits per heavy atom. The minimum Gasteiger partial charge on any atom is -0.481 e. The zero-order valence-electron chi connectivity index (χ0n) is 15.1. The maximum absolute atomic E-state index is 12.6. The van der Waals surface area contributed by atoms with Crippen molar-refractivity contribution in [3.63, 3.8) is 0 Å². The van der Waals surface area contributed by atoms with Crippen LogP contribution >= 0.6 is 0 Å². The number of anilines is 1. The molecular weight excluding hydrogens is 394 g/mol. The van der Waals surface area contributed by atoms with E-state index < -0.39 is 16.0 Å². The van der Waals surface area contributed by atoms with Crippen LogP contribution in [0.2, 0.25) is 0 Å². The van der Waals surface area contributed by atoms with E-state index in [0.717, 1.165) is 0 Å². The Bertz CT molecular complexity index is 1390. The second kappa shape index (κ2) is 7.10. The number of aromatic amines is 2. The van der Waals surface area contributed by atoms with Gasteiger partial charge in [-0.1, -0.05) is 18.2 Å². The van der Waals surface area contributed by atoms with E-state index in [1.807, 2.05) is 0 Å². The van der Waals surface area contributed by atoms with Gasteiger partial charge in [0, 0.05) is 34.6 Å². The van der Waals surface area contributed by atoms with E-state index in [1.54, 1.807) is 42.6 Å². The van der Waals surface area contributed by atoms with Crippen LogP contribution in [-0.2, 0) is 21.2 Å². The van der Waals surface area contributed by atoms with Gasteiger partial charge in [-0.25, -0.2) is 8.42 Å². The highest BCUT2D eigenvalue weighted by Crippen LogP contribution is 2.28. The molecule has 29 heavy (non-hydrogen) atoms. The lowest BCUT2D eigenvalue weighted by Gasteiger charge is -2.10. The highest BCUT2D eigenvalue weighted by molar-refractivity contribution is 7.92. The first kappa shape index (κ1) is 18.8. The highest BCUT2D eigenvalue weighted by atomic mass is 32.2. The van der Waals surface area contributed by atoms with E-state index in [2.05, 4.69) is 14.7 Å². The standard InChI is InChI=1S/C20H17N3O5S/c24-17(25)9-6-12-11-21-19-18(12)15-10-13(7-8-16(15)22-20(19)26)23-29(27,28)14-4-2-1-3-5-14/h1-5,7-8,10-11,21,23H,6,9H2,(H,22,26)(H,24,25). The van der Waals surface area contributed by atoms with E-state index in [4.69, 9.17) is 5.11 Å². The molecule has 0 amide bonds. The van der Waals surface area contributed by atoms with Gasteiger partial charge in [0.1, 0.15) is 5.52 Å². The molecule has 0 unspecified atom stereocenters. The Morgan fingerprint density at radius 2 is 1.86 bits per heavy atom. The van der Waals surface area contributed by atoms with Gasteiger partial charge in [0.25, 0.3) is 15.6 Å². The second-order valence-electron chi connectivity index (χ2n) is 6.59. The molecule has 0 aliphatic rings. The molecule has 4 N–H and O–H groups in total. The van der Waals surface area contributed by atoms with Crippen LogP contribution < -0.4 is 10.3 Å². The van der Waals surface area contributed by atoms with Crippen LogP contribution in [0.3, 0.4) is 0 Å². The molecule has 0 atom stereocenters. The third-order valence-corrected chi connectivity index (χ3v) is 6.04. The molecule has 0 radical (unpaired) electrons. The van der Waals surface area contributed by atoms with Crippen molar-refractivity contribution in [1.82, 2.24) is 9.97 Å². The minimum atomic E-state index is -3.77. The number of carbonyl (C=O) groups is 1. The third kappa shape index (κ3) is 3.59. The average Bonchev–Trinajstić information content (AvgIpc) is 3.12. The number of aromatic nitrogens is 2. The summed E-state index contributed by atoms with van der Waals surface area (Å²) in [4.78, 5) is 29.1. The van der Waals surface area contributed by atoms with Crippen LogP contribution in [0.5, 0.6) is 0 Å². The van der Waals surface area contributed by atoms with Gasteiger partial charge in [0.2, 0.25) is 0 Å². The summed E-state index contributed by atoms with van der Waals surface area (Å²) in [5.41, 5.74) is 1.54. The number of pyridine rings is 1. The quantitative estimate of drug-likeness (QED) is 0.387. The van der Waals surface area contributed by atoms with Gasteiger partial charge in [-0.3, -0.25) is 14.3 Å². The first-order chi connectivity index (χ1) is 13.8. The Morgan fingerprint density at radius 1 is 1.10 bits per heavy atom. The fourth-order valence-corrected chi connectivity index (χ4v) is 4.38. The van der Waals surface area contributed by atoms with E-state index >= 15 is 0 Å². The minimum absolute atomic E-state index is 0.0818. The van der Waals surface area contributed by atoms with Crippen LogP contribution in [0.4, 0.5) is 5.69 Å². The van der Waals surface area contributed by atoms with Crippen LogP contribution in [-0.4, -0.2) is 29.5 Å². The summed E-state index contributed by atoms with van der Waals surface area (Å²) in [6, 6.07) is 12.8. The van der Waals surface area contributed by atoms with Crippen molar-refractivity contribution in [1.29, 1.82) is 0 Å². The Balaban J connectivity index is 1.83. The van der Waals surface area contributed by atoms with E-state index in [1.165, 1.54) is 12.1 Å². The molecule has 0 saturated heterocycles. The van der Waals surface area contributed by atoms with Crippen molar-refractivity contribution < 1.29 is 18.3 Å². The predicted molar refractivity (Wildman–Crippen MR) is 110 cm³/mol. The number of nitrogens with one attached hydrogen (secondary N) is 3. The molecule has 0 bridgehead atoms. The molecule has 148 valence electrons. The molecule has 2 aromatic carbocycles. The van der Waals surface area contributed by atoms with Gasteiger partial charge in [-0.15, -0.1) is 0 Å². The zero-order valence-corrected chi connectivity index (χ0v) is 15.9. The van der Waals surface area contributed by atoms with Gasteiger partial charge < -0.3 is 15.1 Å². The number of hydrogen-bond acceptors (Lipinski definition) is 4. The summed E-state index contributed by atoms with van der Waals surface area (Å²) < 4.78 is 27.8. The first-order valence-corrected chi connectivity index (χ1v) is 10.3. The van der Waals surface area contributed by atoms with Crippen molar-refractivity contribution in [2.24, 2.45) is 0 Å². The number of rotatable bonds is 6. The number of carboxylic acid groups (broad SMARTS) is 1. The van der Waals surface area contributed by atoms with E-state index in [-0.39, 0.29) is 23.3 Å². The average molecular weight is 411 g/mol. The fraction of sp³-hybridized carbons (Fsp3) is 0.100. The molecule has 2 heterocycles. The molecule has 4 aromatic rings. The van der Waals surface area contributed by atoms with Crippen LogP contribution in [0.15, 0.2) is 64.4 Å². The lowest BCUT2D eigenvalue weighted by molar-refractivity contribution is -0.136. The van der Waals surface area contributed by atoms with Crippen LogP contribution in [0.1, 0.15) is 12.0 Å². The Kier molecular flexibility index (Phi) is 4.59. The fourth-order valence-electron chi connectivity index (χ4n) is 3.31. The van der Waals surface area contributed by atoms with Crippen LogP contribution in [0.25, 0.3) is 21.8 Å². The van der Waals surface area contributed by atoms with Crippen molar-refractivity contribution in [3.05, 3.63) is 70.6 Å². The van der Waals surface area contributed by atoms with Gasteiger partial charge in [-0.2, -0.15) is 0 Å². The number of aliphatic carboxylic acids is 1. The molecule has 4 rings (SSSR count). The molecule has 0 spiro atoms. The Hall–Kier alpha value is -3.59. The maximum Gasteiger partial charge on any atom is 0.303 e. The van der Waals surface area contributed by atoms with Gasteiger partial charge in [-0.05, 0) is 42.3 Å². The number of benzene rings is 2. The first-order valence-electron chi connectivity index (χ1n) is 8.81. The zero-order chi connectivity index (χ0) is 20.6. The number of sulfonamides is 1. The normalized spacial score (nSPS) is 11.7. The Labute approximate surface area is 165 Å². The second-order valence-corrected chi connectivity index (χ2v) is 8.27. The van der Waals surface area contributed by atoms with Crippen molar-refractivity contribution >= 4 is 43.5 Å². The van der Waals surface area contributed by atoms with Gasteiger partial charge in [0.15, 0.2) is 0 Å². The number of H-pyrrole nitrogens is 2. The number of aryl methyl sites for hydroxylation is 1. The summed E-state index contributed by atoms with van der Waals surface area (Å²) in [6.07, 6.45) is 1.78. The van der Waals surface area contributed by atoms with E-state index in [9.17, 15) is 18.0 Å². The molecule has 9 heteroatoms. The summed E-state index contributed by atoms with van der Waals surface area (Å²) >= 11 is 0. The molecule has 0 aliphatic carbocycles. The number of fused-ring (bicyclic) bond motifs is 3. The van der Waals surface area contributed by atoms with Crippen LogP contribution in [0, 0.1) is 0 Å². The molecule has 8 nitrogen and oxygen atoms in total. The monoisotopic (exact) mass is 411 g/mol. The number of carboxylic acids is 1.